The second kappa shape index (κ2) is 5.46. The minimum Gasteiger partial charge on any atom is -0.386 e. The SMILES string of the molecule is CCC(OCC1CC1)C(O)c1ccccc1. The first-order chi connectivity index (χ1) is 7.81. The van der Waals surface area contributed by atoms with E-state index in [0.717, 1.165) is 24.5 Å². The van der Waals surface area contributed by atoms with Crippen molar-refractivity contribution in [1.29, 1.82) is 0 Å². The van der Waals surface area contributed by atoms with E-state index >= 15 is 0 Å². The van der Waals surface area contributed by atoms with Crippen molar-refractivity contribution in [2.75, 3.05) is 6.61 Å². The number of hydrogen-bond acceptors (Lipinski definition) is 2. The summed E-state index contributed by atoms with van der Waals surface area (Å²) in [5.74, 6) is 0.747. The van der Waals surface area contributed by atoms with Crippen LogP contribution >= 0.6 is 0 Å². The van der Waals surface area contributed by atoms with E-state index in [4.69, 9.17) is 4.74 Å². The van der Waals surface area contributed by atoms with Crippen LogP contribution in [0.5, 0.6) is 0 Å². The van der Waals surface area contributed by atoms with Gasteiger partial charge in [-0.1, -0.05) is 37.3 Å². The van der Waals surface area contributed by atoms with Crippen molar-refractivity contribution < 1.29 is 9.84 Å². The summed E-state index contributed by atoms with van der Waals surface area (Å²) in [5, 5.41) is 10.2. The molecule has 2 heteroatoms. The van der Waals surface area contributed by atoms with Gasteiger partial charge in [-0.25, -0.2) is 0 Å². The van der Waals surface area contributed by atoms with Gasteiger partial charge in [0, 0.05) is 6.61 Å². The van der Waals surface area contributed by atoms with E-state index in [9.17, 15) is 5.11 Å². The van der Waals surface area contributed by atoms with Crippen molar-refractivity contribution in [2.45, 2.75) is 38.4 Å². The van der Waals surface area contributed by atoms with Gasteiger partial charge in [-0.15, -0.1) is 0 Å². The largest absolute Gasteiger partial charge is 0.386 e. The molecule has 1 aliphatic carbocycles. The number of aliphatic hydroxyl groups excluding tert-OH is 1. The van der Waals surface area contributed by atoms with Crippen LogP contribution in [0.4, 0.5) is 0 Å². The highest BCUT2D eigenvalue weighted by Gasteiger charge is 2.25. The van der Waals surface area contributed by atoms with Crippen LogP contribution in [-0.4, -0.2) is 17.8 Å². The Morgan fingerprint density at radius 2 is 2.00 bits per heavy atom. The Morgan fingerprint density at radius 3 is 2.56 bits per heavy atom. The molecule has 16 heavy (non-hydrogen) atoms. The molecule has 0 radical (unpaired) electrons. The zero-order valence-corrected chi connectivity index (χ0v) is 9.80. The Balaban J connectivity index is 1.91. The molecular weight excluding hydrogens is 200 g/mol. The summed E-state index contributed by atoms with van der Waals surface area (Å²) in [5.41, 5.74) is 0.949. The normalized spacial score (nSPS) is 19.4. The minimum absolute atomic E-state index is 0.0667. The third kappa shape index (κ3) is 3.06. The van der Waals surface area contributed by atoms with Gasteiger partial charge < -0.3 is 9.84 Å². The fourth-order valence-electron chi connectivity index (χ4n) is 1.84. The predicted octanol–water partition coefficient (Wildman–Crippen LogP) is 2.93. The first-order valence-corrected chi connectivity index (χ1v) is 6.16. The average Bonchev–Trinajstić information content (AvgIpc) is 3.15. The molecule has 2 nitrogen and oxygen atoms in total. The van der Waals surface area contributed by atoms with E-state index in [2.05, 4.69) is 6.92 Å². The lowest BCUT2D eigenvalue weighted by molar-refractivity contribution is -0.0443. The quantitative estimate of drug-likeness (QED) is 0.798. The molecule has 1 aliphatic rings. The lowest BCUT2D eigenvalue weighted by Gasteiger charge is -2.22. The molecule has 1 N–H and O–H groups in total. The van der Waals surface area contributed by atoms with Crippen LogP contribution in [0.1, 0.15) is 37.9 Å². The van der Waals surface area contributed by atoms with E-state index in [1.54, 1.807) is 0 Å². The van der Waals surface area contributed by atoms with Crippen LogP contribution in [0.15, 0.2) is 30.3 Å². The van der Waals surface area contributed by atoms with Crippen molar-refractivity contribution >= 4 is 0 Å². The van der Waals surface area contributed by atoms with E-state index < -0.39 is 6.10 Å². The van der Waals surface area contributed by atoms with Gasteiger partial charge in [-0.05, 0) is 30.7 Å². The molecule has 0 spiro atoms. The molecule has 1 fully saturated rings. The Hall–Kier alpha value is -0.860. The molecular formula is C14H20O2. The number of hydrogen-bond donors (Lipinski definition) is 1. The highest BCUT2D eigenvalue weighted by atomic mass is 16.5. The molecule has 0 aliphatic heterocycles. The van der Waals surface area contributed by atoms with Gasteiger partial charge in [-0.3, -0.25) is 0 Å². The topological polar surface area (TPSA) is 29.5 Å². The van der Waals surface area contributed by atoms with Crippen LogP contribution in [0.2, 0.25) is 0 Å². The van der Waals surface area contributed by atoms with Gasteiger partial charge in [0.25, 0.3) is 0 Å². The van der Waals surface area contributed by atoms with Gasteiger partial charge in [0.1, 0.15) is 6.10 Å². The van der Waals surface area contributed by atoms with Crippen LogP contribution in [-0.2, 0) is 4.74 Å². The second-order valence-corrected chi connectivity index (χ2v) is 4.58. The minimum atomic E-state index is -0.495. The molecule has 1 aromatic carbocycles. The van der Waals surface area contributed by atoms with Crippen molar-refractivity contribution in [2.24, 2.45) is 5.92 Å². The average molecular weight is 220 g/mol. The van der Waals surface area contributed by atoms with Gasteiger partial charge in [0.2, 0.25) is 0 Å². The molecule has 0 heterocycles. The van der Waals surface area contributed by atoms with Gasteiger partial charge >= 0.3 is 0 Å². The Morgan fingerprint density at radius 1 is 1.31 bits per heavy atom. The smallest absolute Gasteiger partial charge is 0.105 e. The van der Waals surface area contributed by atoms with Gasteiger partial charge in [0.05, 0.1) is 6.10 Å². The third-order valence-electron chi connectivity index (χ3n) is 3.14. The maximum Gasteiger partial charge on any atom is 0.105 e. The van der Waals surface area contributed by atoms with Crippen LogP contribution in [0.25, 0.3) is 0 Å². The highest BCUT2D eigenvalue weighted by molar-refractivity contribution is 5.18. The number of aliphatic hydroxyl groups is 1. The number of benzene rings is 1. The monoisotopic (exact) mass is 220 g/mol. The molecule has 1 saturated carbocycles. The van der Waals surface area contributed by atoms with Crippen molar-refractivity contribution in [3.05, 3.63) is 35.9 Å². The lowest BCUT2D eigenvalue weighted by atomic mass is 10.0. The van der Waals surface area contributed by atoms with Crippen LogP contribution < -0.4 is 0 Å². The van der Waals surface area contributed by atoms with Crippen molar-refractivity contribution in [1.82, 2.24) is 0 Å². The zero-order chi connectivity index (χ0) is 11.4. The Labute approximate surface area is 97.3 Å². The Bertz CT molecular complexity index is 306. The molecule has 0 aromatic heterocycles. The molecule has 2 rings (SSSR count). The molecule has 2 atom stereocenters. The van der Waals surface area contributed by atoms with Gasteiger partial charge in [-0.2, -0.15) is 0 Å². The first-order valence-electron chi connectivity index (χ1n) is 6.16. The highest BCUT2D eigenvalue weighted by Crippen LogP contribution is 2.31. The fraction of sp³-hybridized carbons (Fsp3) is 0.571. The maximum absolute atomic E-state index is 10.2. The molecule has 0 bridgehead atoms. The predicted molar refractivity (Wildman–Crippen MR) is 64.2 cm³/mol. The van der Waals surface area contributed by atoms with E-state index in [1.165, 1.54) is 12.8 Å². The van der Waals surface area contributed by atoms with Gasteiger partial charge in [0.15, 0.2) is 0 Å². The zero-order valence-electron chi connectivity index (χ0n) is 9.80. The molecule has 0 saturated heterocycles. The number of rotatable bonds is 6. The molecule has 88 valence electrons. The van der Waals surface area contributed by atoms with Crippen molar-refractivity contribution in [3.63, 3.8) is 0 Å². The maximum atomic E-state index is 10.2. The summed E-state index contributed by atoms with van der Waals surface area (Å²) < 4.78 is 5.78. The molecule has 1 aromatic rings. The summed E-state index contributed by atoms with van der Waals surface area (Å²) in [7, 11) is 0. The molecule has 0 amide bonds. The fourth-order valence-corrected chi connectivity index (χ4v) is 1.84. The molecule has 2 unspecified atom stereocenters. The summed E-state index contributed by atoms with van der Waals surface area (Å²) in [4.78, 5) is 0. The summed E-state index contributed by atoms with van der Waals surface area (Å²) in [6, 6.07) is 9.77. The second-order valence-electron chi connectivity index (χ2n) is 4.58. The summed E-state index contributed by atoms with van der Waals surface area (Å²) in [6.45, 7) is 2.87. The van der Waals surface area contributed by atoms with E-state index in [0.29, 0.717) is 0 Å². The Kier molecular flexibility index (Phi) is 3.97. The lowest BCUT2D eigenvalue weighted by Crippen LogP contribution is -2.22. The van der Waals surface area contributed by atoms with Crippen LogP contribution in [0.3, 0.4) is 0 Å². The van der Waals surface area contributed by atoms with Crippen molar-refractivity contribution in [3.8, 4) is 0 Å². The summed E-state index contributed by atoms with van der Waals surface area (Å²) >= 11 is 0. The van der Waals surface area contributed by atoms with E-state index in [1.807, 2.05) is 30.3 Å². The standard InChI is InChI=1S/C14H20O2/c1-2-13(16-10-11-8-9-11)14(15)12-6-4-3-5-7-12/h3-7,11,13-15H,2,8-10H2,1H3. The third-order valence-corrected chi connectivity index (χ3v) is 3.14. The number of ether oxygens (including phenoxy) is 1. The van der Waals surface area contributed by atoms with E-state index in [-0.39, 0.29) is 6.10 Å². The first kappa shape index (κ1) is 11.6. The van der Waals surface area contributed by atoms with Crippen LogP contribution in [0, 0.1) is 5.92 Å². The summed E-state index contributed by atoms with van der Waals surface area (Å²) in [6.07, 6.45) is 2.87.